The molecule has 0 aliphatic rings. The summed E-state index contributed by atoms with van der Waals surface area (Å²) in [7, 11) is 3.38. The third-order valence-corrected chi connectivity index (χ3v) is 6.14. The monoisotopic (exact) mass is 430 g/mol. The number of aryl methyl sites for hydroxylation is 2. The Morgan fingerprint density at radius 2 is 1.59 bits per heavy atom. The molecule has 164 valence electrons. The minimum atomic E-state index is -0.178. The molecule has 0 radical (unpaired) electrons. The molecule has 1 N–H and O–H groups in total. The summed E-state index contributed by atoms with van der Waals surface area (Å²) >= 11 is 0. The van der Waals surface area contributed by atoms with Gasteiger partial charge < -0.3 is 10.1 Å². The molecule has 2 aromatic heterocycles. The van der Waals surface area contributed by atoms with Crippen molar-refractivity contribution in [2.24, 2.45) is 14.1 Å². The van der Waals surface area contributed by atoms with Crippen molar-refractivity contribution in [2.75, 3.05) is 5.32 Å². The van der Waals surface area contributed by atoms with Crippen molar-refractivity contribution in [1.29, 1.82) is 0 Å². The number of rotatable bonds is 4. The molecule has 0 saturated carbocycles. The van der Waals surface area contributed by atoms with Gasteiger partial charge in [-0.25, -0.2) is 9.78 Å². The van der Waals surface area contributed by atoms with E-state index in [-0.39, 0.29) is 11.6 Å². The van der Waals surface area contributed by atoms with Crippen LogP contribution in [-0.2, 0) is 14.1 Å². The van der Waals surface area contributed by atoms with Crippen LogP contribution in [0.5, 0.6) is 11.5 Å². The molecule has 32 heavy (non-hydrogen) atoms. The van der Waals surface area contributed by atoms with Crippen LogP contribution < -0.4 is 15.7 Å². The standard InChI is InChI=1S/C25H26N4O3/c1-14-15(2)20(27-24(30)18-10-8-7-9-11-18)17(4)22(16(14)3)32-19-12-13-26-23-21(19)28(5)25(31)29(23)6/h7-13H,1-6H3,(H,27,30). The fourth-order valence-corrected chi connectivity index (χ4v) is 4.02. The normalized spacial score (nSPS) is 11.1. The van der Waals surface area contributed by atoms with Crippen molar-refractivity contribution in [1.82, 2.24) is 14.1 Å². The molecule has 2 heterocycles. The van der Waals surface area contributed by atoms with E-state index in [9.17, 15) is 9.59 Å². The minimum absolute atomic E-state index is 0.173. The quantitative estimate of drug-likeness (QED) is 0.515. The molecule has 7 heteroatoms. The first-order valence-electron chi connectivity index (χ1n) is 10.4. The molecule has 7 nitrogen and oxygen atoms in total. The van der Waals surface area contributed by atoms with Crippen molar-refractivity contribution in [3.63, 3.8) is 0 Å². The first-order valence-corrected chi connectivity index (χ1v) is 10.4. The molecular formula is C25H26N4O3. The highest BCUT2D eigenvalue weighted by Crippen LogP contribution is 2.40. The largest absolute Gasteiger partial charge is 0.454 e. The molecule has 4 aromatic rings. The zero-order valence-corrected chi connectivity index (χ0v) is 19.1. The average Bonchev–Trinajstić information content (AvgIpc) is 3.03. The van der Waals surface area contributed by atoms with E-state index in [1.54, 1.807) is 38.5 Å². The lowest BCUT2D eigenvalue weighted by Gasteiger charge is -2.21. The Balaban J connectivity index is 1.83. The number of fused-ring (bicyclic) bond motifs is 1. The number of pyridine rings is 1. The summed E-state index contributed by atoms with van der Waals surface area (Å²) < 4.78 is 9.42. The molecule has 2 aromatic carbocycles. The lowest BCUT2D eigenvalue weighted by molar-refractivity contribution is 0.102. The lowest BCUT2D eigenvalue weighted by atomic mass is 9.96. The molecule has 4 rings (SSSR count). The molecule has 0 unspecified atom stereocenters. The van der Waals surface area contributed by atoms with Gasteiger partial charge in [0.2, 0.25) is 0 Å². The van der Waals surface area contributed by atoms with E-state index in [0.29, 0.717) is 28.2 Å². The maximum absolute atomic E-state index is 12.8. The molecule has 0 aliphatic carbocycles. The van der Waals surface area contributed by atoms with E-state index in [1.807, 2.05) is 45.9 Å². The van der Waals surface area contributed by atoms with Crippen LogP contribution in [0, 0.1) is 27.7 Å². The molecule has 0 atom stereocenters. The van der Waals surface area contributed by atoms with Gasteiger partial charge in [-0.1, -0.05) is 18.2 Å². The van der Waals surface area contributed by atoms with E-state index in [0.717, 1.165) is 27.9 Å². The molecule has 0 saturated heterocycles. The Hall–Kier alpha value is -3.87. The molecule has 0 aliphatic heterocycles. The van der Waals surface area contributed by atoms with Gasteiger partial charge in [-0.05, 0) is 56.5 Å². The van der Waals surface area contributed by atoms with Crippen molar-refractivity contribution in [2.45, 2.75) is 27.7 Å². The van der Waals surface area contributed by atoms with Crippen molar-refractivity contribution in [3.8, 4) is 11.5 Å². The highest BCUT2D eigenvalue weighted by atomic mass is 16.5. The lowest BCUT2D eigenvalue weighted by Crippen LogP contribution is -2.19. The number of anilines is 1. The number of nitrogens with one attached hydrogen (secondary N) is 1. The van der Waals surface area contributed by atoms with Crippen molar-refractivity contribution in [3.05, 3.63) is 80.9 Å². The number of hydrogen-bond acceptors (Lipinski definition) is 4. The summed E-state index contributed by atoms with van der Waals surface area (Å²) in [4.78, 5) is 29.6. The van der Waals surface area contributed by atoms with Gasteiger partial charge >= 0.3 is 5.69 Å². The number of aromatic nitrogens is 3. The first kappa shape index (κ1) is 21.4. The Kier molecular flexibility index (Phi) is 5.34. The first-order chi connectivity index (χ1) is 15.2. The van der Waals surface area contributed by atoms with Gasteiger partial charge in [-0.15, -0.1) is 0 Å². The molecule has 1 amide bonds. The number of hydrogen-bond donors (Lipinski definition) is 1. The third kappa shape index (κ3) is 3.36. The smallest absolute Gasteiger partial charge is 0.329 e. The van der Waals surface area contributed by atoms with Crippen LogP contribution in [0.4, 0.5) is 5.69 Å². The van der Waals surface area contributed by atoms with Crippen LogP contribution in [0.3, 0.4) is 0 Å². The fourth-order valence-electron chi connectivity index (χ4n) is 4.02. The van der Waals surface area contributed by atoms with Gasteiger partial charge in [-0.3, -0.25) is 13.9 Å². The van der Waals surface area contributed by atoms with Gasteiger partial charge in [0.1, 0.15) is 11.3 Å². The summed E-state index contributed by atoms with van der Waals surface area (Å²) in [6, 6.07) is 10.9. The summed E-state index contributed by atoms with van der Waals surface area (Å²) in [5.74, 6) is 1.01. The molecule has 0 bridgehead atoms. The SMILES string of the molecule is Cc1c(C)c(NC(=O)c2ccccc2)c(C)c(Oc2ccnc3c2n(C)c(=O)n3C)c1C. The predicted octanol–water partition coefficient (Wildman–Crippen LogP) is 4.55. The maximum Gasteiger partial charge on any atom is 0.329 e. The predicted molar refractivity (Wildman–Crippen MR) is 126 cm³/mol. The number of carbonyl (C=O) groups is 1. The van der Waals surface area contributed by atoms with Gasteiger partial charge in [0, 0.05) is 37.5 Å². The average molecular weight is 431 g/mol. The highest BCUT2D eigenvalue weighted by molar-refractivity contribution is 6.05. The van der Waals surface area contributed by atoms with Crippen LogP contribution in [0.25, 0.3) is 11.2 Å². The van der Waals surface area contributed by atoms with Crippen LogP contribution in [0.2, 0.25) is 0 Å². The zero-order valence-electron chi connectivity index (χ0n) is 19.1. The summed E-state index contributed by atoms with van der Waals surface area (Å²) in [6.45, 7) is 7.93. The Morgan fingerprint density at radius 3 is 2.28 bits per heavy atom. The van der Waals surface area contributed by atoms with Crippen molar-refractivity contribution < 1.29 is 9.53 Å². The molecule has 0 spiro atoms. The Morgan fingerprint density at radius 1 is 0.906 bits per heavy atom. The molecular weight excluding hydrogens is 404 g/mol. The van der Waals surface area contributed by atoms with E-state index in [2.05, 4.69) is 10.3 Å². The van der Waals surface area contributed by atoms with E-state index in [1.165, 1.54) is 9.13 Å². The van der Waals surface area contributed by atoms with Gasteiger partial charge in [0.25, 0.3) is 5.91 Å². The number of ether oxygens (including phenoxy) is 1. The second-order valence-corrected chi connectivity index (χ2v) is 8.01. The van der Waals surface area contributed by atoms with Crippen LogP contribution in [0.15, 0.2) is 47.4 Å². The number of benzene rings is 2. The third-order valence-electron chi connectivity index (χ3n) is 6.14. The second kappa shape index (κ2) is 8.00. The van der Waals surface area contributed by atoms with E-state index in [4.69, 9.17) is 4.74 Å². The topological polar surface area (TPSA) is 78.2 Å². The summed E-state index contributed by atoms with van der Waals surface area (Å²) in [5.41, 5.74) is 6.12. The minimum Gasteiger partial charge on any atom is -0.454 e. The van der Waals surface area contributed by atoms with Crippen molar-refractivity contribution >= 4 is 22.8 Å². The number of carbonyl (C=O) groups excluding carboxylic acids is 1. The van der Waals surface area contributed by atoms with E-state index < -0.39 is 0 Å². The van der Waals surface area contributed by atoms with Crippen LogP contribution >= 0.6 is 0 Å². The second-order valence-electron chi connectivity index (χ2n) is 8.01. The Labute approximate surface area is 186 Å². The number of nitrogens with zero attached hydrogens (tertiary/aromatic N) is 3. The van der Waals surface area contributed by atoms with Crippen LogP contribution in [-0.4, -0.2) is 20.0 Å². The highest BCUT2D eigenvalue weighted by Gasteiger charge is 2.21. The van der Waals surface area contributed by atoms with Crippen LogP contribution in [0.1, 0.15) is 32.6 Å². The number of amides is 1. The Bertz CT molecular complexity index is 1420. The summed E-state index contributed by atoms with van der Waals surface area (Å²) in [5, 5.41) is 3.06. The van der Waals surface area contributed by atoms with Gasteiger partial charge in [0.05, 0.1) is 5.69 Å². The van der Waals surface area contributed by atoms with Gasteiger partial charge in [0.15, 0.2) is 11.4 Å². The van der Waals surface area contributed by atoms with E-state index >= 15 is 0 Å². The summed E-state index contributed by atoms with van der Waals surface area (Å²) in [6.07, 6.45) is 1.63. The molecule has 0 fully saturated rings. The zero-order chi connectivity index (χ0) is 23.2. The maximum atomic E-state index is 12.8. The number of imidazole rings is 1. The van der Waals surface area contributed by atoms with Gasteiger partial charge in [-0.2, -0.15) is 0 Å². The fraction of sp³-hybridized carbons (Fsp3) is 0.240.